The summed E-state index contributed by atoms with van der Waals surface area (Å²) in [5, 5.41) is 21.4. The third-order valence-electron chi connectivity index (χ3n) is 3.24. The number of aromatic nitrogens is 5. The first kappa shape index (κ1) is 12.7. The number of anilines is 1. The first-order valence-corrected chi connectivity index (χ1v) is 6.54. The second-order valence-corrected chi connectivity index (χ2v) is 4.63. The zero-order valence-corrected chi connectivity index (χ0v) is 10.9. The van der Waals surface area contributed by atoms with Crippen molar-refractivity contribution >= 4 is 11.7 Å². The van der Waals surface area contributed by atoms with Crippen LogP contribution in [0.4, 0.5) is 5.82 Å². The Morgan fingerprint density at radius 3 is 2.95 bits per heavy atom. The molecule has 1 amide bonds. The molecule has 3 heterocycles. The molecule has 1 fully saturated rings. The van der Waals surface area contributed by atoms with E-state index in [1.165, 1.54) is 0 Å². The summed E-state index contributed by atoms with van der Waals surface area (Å²) < 4.78 is 1.77. The summed E-state index contributed by atoms with van der Waals surface area (Å²) in [6.45, 7) is 1.93. The van der Waals surface area contributed by atoms with E-state index < -0.39 is 0 Å². The highest BCUT2D eigenvalue weighted by molar-refractivity contribution is 6.01. The molecule has 2 aromatic rings. The molecule has 8 nitrogen and oxygen atoms in total. The summed E-state index contributed by atoms with van der Waals surface area (Å²) in [6, 6.07) is 3.68. The molecule has 2 aromatic heterocycles. The van der Waals surface area contributed by atoms with Crippen molar-refractivity contribution in [3.8, 4) is 0 Å². The maximum Gasteiger partial charge on any atom is 0.279 e. The van der Waals surface area contributed by atoms with Gasteiger partial charge in [0.1, 0.15) is 0 Å². The van der Waals surface area contributed by atoms with Gasteiger partial charge in [-0.2, -0.15) is 5.10 Å². The van der Waals surface area contributed by atoms with Crippen molar-refractivity contribution in [1.82, 2.24) is 30.5 Å². The Labute approximate surface area is 115 Å². The van der Waals surface area contributed by atoms with Crippen molar-refractivity contribution in [3.05, 3.63) is 30.2 Å². The molecule has 1 aliphatic rings. The average molecular weight is 273 g/mol. The summed E-state index contributed by atoms with van der Waals surface area (Å²) in [4.78, 5) is 12.0. The summed E-state index contributed by atoms with van der Waals surface area (Å²) >= 11 is 0. The summed E-state index contributed by atoms with van der Waals surface area (Å²) in [5.41, 5.74) is 0.286. The van der Waals surface area contributed by atoms with Crippen LogP contribution in [0.1, 0.15) is 29.4 Å². The van der Waals surface area contributed by atoms with Gasteiger partial charge in [-0.3, -0.25) is 4.79 Å². The number of nitrogens with zero attached hydrogens (tertiary/aromatic N) is 5. The van der Waals surface area contributed by atoms with E-state index in [4.69, 9.17) is 0 Å². The van der Waals surface area contributed by atoms with E-state index in [1.54, 1.807) is 29.2 Å². The molecule has 0 atom stereocenters. The predicted molar refractivity (Wildman–Crippen MR) is 71.1 cm³/mol. The predicted octanol–water partition coefficient (Wildman–Crippen LogP) is 0.245. The van der Waals surface area contributed by atoms with Crippen molar-refractivity contribution in [2.75, 3.05) is 18.4 Å². The van der Waals surface area contributed by atoms with Crippen LogP contribution in [0.15, 0.2) is 24.5 Å². The Kier molecular flexibility index (Phi) is 3.64. The quantitative estimate of drug-likeness (QED) is 0.831. The van der Waals surface area contributed by atoms with Crippen LogP contribution in [0.2, 0.25) is 0 Å². The molecule has 0 bridgehead atoms. The fourth-order valence-electron chi connectivity index (χ4n) is 2.18. The molecule has 1 saturated heterocycles. The van der Waals surface area contributed by atoms with Crippen molar-refractivity contribution in [1.29, 1.82) is 0 Å². The number of carbonyl (C=O) groups excluding carboxylic acids is 1. The lowest BCUT2D eigenvalue weighted by molar-refractivity contribution is 0.102. The zero-order chi connectivity index (χ0) is 13.8. The van der Waals surface area contributed by atoms with Crippen LogP contribution >= 0.6 is 0 Å². The smallest absolute Gasteiger partial charge is 0.279 e. The van der Waals surface area contributed by atoms with E-state index in [0.717, 1.165) is 25.9 Å². The SMILES string of the molecule is O=C(Nc1cccnn1)c1cn(C2CCNCC2)nn1. The van der Waals surface area contributed by atoms with Crippen LogP contribution in [0.5, 0.6) is 0 Å². The van der Waals surface area contributed by atoms with Gasteiger partial charge in [-0.15, -0.1) is 10.2 Å². The maximum atomic E-state index is 12.0. The average Bonchev–Trinajstić information content (AvgIpc) is 2.99. The molecular weight excluding hydrogens is 258 g/mol. The Hall–Kier alpha value is -2.35. The minimum atomic E-state index is -0.328. The highest BCUT2D eigenvalue weighted by Crippen LogP contribution is 2.17. The van der Waals surface area contributed by atoms with E-state index in [-0.39, 0.29) is 11.6 Å². The number of nitrogens with one attached hydrogen (secondary N) is 2. The number of hydrogen-bond acceptors (Lipinski definition) is 6. The van der Waals surface area contributed by atoms with E-state index in [2.05, 4.69) is 31.1 Å². The minimum Gasteiger partial charge on any atom is -0.317 e. The molecule has 0 aliphatic carbocycles. The van der Waals surface area contributed by atoms with Crippen LogP contribution in [0, 0.1) is 0 Å². The monoisotopic (exact) mass is 273 g/mol. The molecule has 0 aromatic carbocycles. The summed E-state index contributed by atoms with van der Waals surface area (Å²) in [5.74, 6) is 0.0691. The molecule has 0 unspecified atom stereocenters. The molecule has 20 heavy (non-hydrogen) atoms. The minimum absolute atomic E-state index is 0.286. The number of piperidine rings is 1. The third-order valence-corrected chi connectivity index (χ3v) is 3.24. The van der Waals surface area contributed by atoms with E-state index in [1.807, 2.05) is 0 Å². The normalized spacial score (nSPS) is 16.0. The largest absolute Gasteiger partial charge is 0.317 e. The van der Waals surface area contributed by atoms with Gasteiger partial charge in [0, 0.05) is 6.20 Å². The first-order chi connectivity index (χ1) is 9.83. The molecule has 1 aliphatic heterocycles. The van der Waals surface area contributed by atoms with Gasteiger partial charge in [0.25, 0.3) is 5.91 Å². The van der Waals surface area contributed by atoms with Gasteiger partial charge >= 0.3 is 0 Å². The standard InChI is InChI=1S/C12H15N7O/c20-12(15-11-2-1-5-14-17-11)10-8-19(18-16-10)9-3-6-13-7-4-9/h1-2,5,8-9,13H,3-4,6-7H2,(H,15,17,20). The van der Waals surface area contributed by atoms with Gasteiger partial charge in [-0.05, 0) is 38.1 Å². The second kappa shape index (κ2) is 5.74. The van der Waals surface area contributed by atoms with Gasteiger partial charge in [-0.25, -0.2) is 4.68 Å². The van der Waals surface area contributed by atoms with Gasteiger partial charge in [0.2, 0.25) is 0 Å². The third kappa shape index (κ3) is 2.80. The Balaban J connectivity index is 1.68. The van der Waals surface area contributed by atoms with Crippen molar-refractivity contribution in [3.63, 3.8) is 0 Å². The Bertz CT molecular complexity index is 577. The van der Waals surface area contributed by atoms with Crippen molar-refractivity contribution < 1.29 is 4.79 Å². The number of amides is 1. The highest BCUT2D eigenvalue weighted by Gasteiger charge is 2.18. The summed E-state index contributed by atoms with van der Waals surface area (Å²) in [6.07, 6.45) is 5.22. The molecule has 2 N–H and O–H groups in total. The van der Waals surface area contributed by atoms with Crippen LogP contribution in [0.3, 0.4) is 0 Å². The number of carbonyl (C=O) groups is 1. The molecule has 0 saturated carbocycles. The van der Waals surface area contributed by atoms with Crippen LogP contribution in [-0.2, 0) is 0 Å². The van der Waals surface area contributed by atoms with Gasteiger partial charge in [0.05, 0.1) is 12.2 Å². The fourth-order valence-corrected chi connectivity index (χ4v) is 2.18. The van der Waals surface area contributed by atoms with E-state index in [9.17, 15) is 4.79 Å². The Morgan fingerprint density at radius 1 is 1.35 bits per heavy atom. The molecule has 3 rings (SSSR count). The first-order valence-electron chi connectivity index (χ1n) is 6.54. The van der Waals surface area contributed by atoms with Crippen LogP contribution in [0.25, 0.3) is 0 Å². The lowest BCUT2D eigenvalue weighted by Crippen LogP contribution is -2.29. The Morgan fingerprint density at radius 2 is 2.20 bits per heavy atom. The lowest BCUT2D eigenvalue weighted by Gasteiger charge is -2.22. The molecule has 0 spiro atoms. The van der Waals surface area contributed by atoms with E-state index in [0.29, 0.717) is 11.9 Å². The second-order valence-electron chi connectivity index (χ2n) is 4.63. The molecular formula is C12H15N7O. The fraction of sp³-hybridized carbons (Fsp3) is 0.417. The molecule has 0 radical (unpaired) electrons. The zero-order valence-electron chi connectivity index (χ0n) is 10.9. The van der Waals surface area contributed by atoms with Gasteiger partial charge in [-0.1, -0.05) is 5.21 Å². The van der Waals surface area contributed by atoms with Crippen LogP contribution < -0.4 is 10.6 Å². The van der Waals surface area contributed by atoms with Crippen molar-refractivity contribution in [2.45, 2.75) is 18.9 Å². The van der Waals surface area contributed by atoms with Gasteiger partial charge < -0.3 is 10.6 Å². The highest BCUT2D eigenvalue weighted by atomic mass is 16.2. The molecule has 104 valence electrons. The maximum absolute atomic E-state index is 12.0. The number of hydrogen-bond donors (Lipinski definition) is 2. The summed E-state index contributed by atoms with van der Waals surface area (Å²) in [7, 11) is 0. The van der Waals surface area contributed by atoms with E-state index >= 15 is 0 Å². The van der Waals surface area contributed by atoms with Crippen LogP contribution in [-0.4, -0.2) is 44.2 Å². The van der Waals surface area contributed by atoms with Gasteiger partial charge in [0.15, 0.2) is 11.5 Å². The lowest BCUT2D eigenvalue weighted by atomic mass is 10.1. The topological polar surface area (TPSA) is 97.6 Å². The van der Waals surface area contributed by atoms with Crippen molar-refractivity contribution in [2.24, 2.45) is 0 Å². The molecule has 8 heteroatoms. The number of rotatable bonds is 3.